The van der Waals surface area contributed by atoms with E-state index in [0.29, 0.717) is 0 Å². The van der Waals surface area contributed by atoms with Gasteiger partial charge in [-0.05, 0) is 30.5 Å². The molecule has 8 nitrogen and oxygen atoms in total. The van der Waals surface area contributed by atoms with Crippen LogP contribution >= 0.6 is 0 Å². The second-order valence-electron chi connectivity index (χ2n) is 6.04. The van der Waals surface area contributed by atoms with Crippen LogP contribution in [0.5, 0.6) is 5.75 Å². The summed E-state index contributed by atoms with van der Waals surface area (Å²) in [6.45, 7) is 2.32. The van der Waals surface area contributed by atoms with Crippen LogP contribution in [-0.4, -0.2) is 36.0 Å². The molecule has 0 bridgehead atoms. The van der Waals surface area contributed by atoms with E-state index in [9.17, 15) is 14.9 Å². The minimum Gasteiger partial charge on any atom is -0.496 e. The van der Waals surface area contributed by atoms with E-state index in [2.05, 4.69) is 15.2 Å². The quantitative estimate of drug-likeness (QED) is 0.631. The maximum atomic E-state index is 12.4. The lowest BCUT2D eigenvalue weighted by Crippen LogP contribution is -2.24. The number of rotatable bonds is 6. The highest BCUT2D eigenvalue weighted by atomic mass is 16.6. The molecule has 1 aromatic heterocycles. The van der Waals surface area contributed by atoms with Crippen molar-refractivity contribution in [2.75, 3.05) is 25.1 Å². The largest absolute Gasteiger partial charge is 0.496 e. The Labute approximate surface area is 150 Å². The summed E-state index contributed by atoms with van der Waals surface area (Å²) in [6.07, 6.45) is 4.10. The lowest BCUT2D eigenvalue weighted by Gasteiger charge is -2.16. The van der Waals surface area contributed by atoms with Crippen molar-refractivity contribution < 1.29 is 14.5 Å². The molecular formula is C18H20N4O4. The minimum atomic E-state index is -0.544. The van der Waals surface area contributed by atoms with Gasteiger partial charge in [-0.15, -0.1) is 0 Å². The average molecular weight is 356 g/mol. The highest BCUT2D eigenvalue weighted by molar-refractivity contribution is 5.97. The summed E-state index contributed by atoms with van der Waals surface area (Å²) < 4.78 is 5.12. The molecule has 2 heterocycles. The van der Waals surface area contributed by atoms with Gasteiger partial charge in [-0.1, -0.05) is 6.07 Å². The number of pyridine rings is 1. The van der Waals surface area contributed by atoms with Crippen molar-refractivity contribution in [1.29, 1.82) is 0 Å². The summed E-state index contributed by atoms with van der Waals surface area (Å²) >= 11 is 0. The number of anilines is 1. The van der Waals surface area contributed by atoms with Gasteiger partial charge in [0.1, 0.15) is 11.6 Å². The van der Waals surface area contributed by atoms with E-state index in [1.54, 1.807) is 6.20 Å². The average Bonchev–Trinajstić information content (AvgIpc) is 3.20. The normalized spacial score (nSPS) is 13.5. The Hall–Kier alpha value is -3.16. The van der Waals surface area contributed by atoms with E-state index in [4.69, 9.17) is 4.74 Å². The number of methoxy groups -OCH3 is 1. The third-order valence-electron chi connectivity index (χ3n) is 4.33. The van der Waals surface area contributed by atoms with Gasteiger partial charge >= 0.3 is 0 Å². The molecule has 0 aliphatic carbocycles. The van der Waals surface area contributed by atoms with Gasteiger partial charge in [0.05, 0.1) is 17.6 Å². The zero-order valence-corrected chi connectivity index (χ0v) is 14.5. The number of nitro groups is 1. The fourth-order valence-electron chi connectivity index (χ4n) is 2.92. The lowest BCUT2D eigenvalue weighted by atomic mass is 10.1. The molecule has 2 aromatic rings. The Morgan fingerprint density at radius 1 is 1.31 bits per heavy atom. The second-order valence-corrected chi connectivity index (χ2v) is 6.04. The first-order chi connectivity index (χ1) is 12.6. The number of hydrogen-bond donors (Lipinski definition) is 1. The number of carbonyl (C=O) groups excluding carboxylic acids is 1. The van der Waals surface area contributed by atoms with Crippen molar-refractivity contribution >= 4 is 17.4 Å². The molecule has 3 rings (SSSR count). The topological polar surface area (TPSA) is 97.6 Å². The van der Waals surface area contributed by atoms with Crippen molar-refractivity contribution in [2.45, 2.75) is 19.4 Å². The fourth-order valence-corrected chi connectivity index (χ4v) is 2.92. The molecule has 136 valence electrons. The van der Waals surface area contributed by atoms with E-state index >= 15 is 0 Å². The molecule has 1 aliphatic heterocycles. The number of ether oxygens (including phenoxy) is 1. The van der Waals surface area contributed by atoms with Crippen molar-refractivity contribution in [3.63, 3.8) is 0 Å². The monoisotopic (exact) mass is 356 g/mol. The van der Waals surface area contributed by atoms with Gasteiger partial charge in [-0.2, -0.15) is 0 Å². The Bertz CT molecular complexity index is 801. The molecule has 8 heteroatoms. The molecule has 0 unspecified atom stereocenters. The van der Waals surface area contributed by atoms with Gasteiger partial charge in [0, 0.05) is 38.0 Å². The third-order valence-corrected chi connectivity index (χ3v) is 4.33. The van der Waals surface area contributed by atoms with E-state index in [0.717, 1.165) is 24.5 Å². The van der Waals surface area contributed by atoms with Gasteiger partial charge in [0.25, 0.3) is 11.6 Å². The molecule has 1 fully saturated rings. The van der Waals surface area contributed by atoms with Crippen LogP contribution in [0.3, 0.4) is 0 Å². The van der Waals surface area contributed by atoms with Crippen molar-refractivity contribution in [3.05, 3.63) is 57.8 Å². The smallest absolute Gasteiger partial charge is 0.270 e. The predicted octanol–water partition coefficient (Wildman–Crippen LogP) is 2.53. The van der Waals surface area contributed by atoms with Crippen LogP contribution in [0.15, 0.2) is 36.5 Å². The van der Waals surface area contributed by atoms with Gasteiger partial charge in [0.2, 0.25) is 0 Å². The molecule has 1 N–H and O–H groups in total. The van der Waals surface area contributed by atoms with Crippen molar-refractivity contribution in [1.82, 2.24) is 10.3 Å². The molecule has 1 saturated heterocycles. The molecule has 1 aliphatic rings. The SMILES string of the molecule is COc1ccc([N+](=O)[O-])cc1C(=O)NCc1ccc(N2CCCC2)nc1. The van der Waals surface area contributed by atoms with Crippen LogP contribution < -0.4 is 15.0 Å². The highest BCUT2D eigenvalue weighted by Crippen LogP contribution is 2.24. The summed E-state index contributed by atoms with van der Waals surface area (Å²) in [5.41, 5.74) is 0.821. The van der Waals surface area contributed by atoms with E-state index in [1.165, 1.54) is 38.2 Å². The molecule has 0 saturated carbocycles. The Morgan fingerprint density at radius 2 is 2.08 bits per heavy atom. The summed E-state index contributed by atoms with van der Waals surface area (Å²) in [7, 11) is 1.42. The van der Waals surface area contributed by atoms with E-state index in [1.807, 2.05) is 12.1 Å². The van der Waals surface area contributed by atoms with E-state index in [-0.39, 0.29) is 23.5 Å². The van der Waals surface area contributed by atoms with Crippen LogP contribution in [0.4, 0.5) is 11.5 Å². The summed E-state index contributed by atoms with van der Waals surface area (Å²) in [5, 5.41) is 13.7. The van der Waals surface area contributed by atoms with Gasteiger partial charge < -0.3 is 15.0 Å². The highest BCUT2D eigenvalue weighted by Gasteiger charge is 2.17. The maximum absolute atomic E-state index is 12.4. The molecule has 0 spiro atoms. The lowest BCUT2D eigenvalue weighted by molar-refractivity contribution is -0.384. The molecule has 1 aromatic carbocycles. The number of nitrogens with one attached hydrogen (secondary N) is 1. The minimum absolute atomic E-state index is 0.128. The first-order valence-electron chi connectivity index (χ1n) is 8.39. The van der Waals surface area contributed by atoms with Crippen LogP contribution in [0, 0.1) is 10.1 Å². The van der Waals surface area contributed by atoms with E-state index < -0.39 is 10.8 Å². The molecule has 0 radical (unpaired) electrons. The Morgan fingerprint density at radius 3 is 2.69 bits per heavy atom. The first kappa shape index (κ1) is 17.7. The second kappa shape index (κ2) is 7.81. The van der Waals surface area contributed by atoms with Gasteiger partial charge in [-0.25, -0.2) is 4.98 Å². The number of carbonyl (C=O) groups is 1. The number of non-ortho nitro benzene ring substituents is 1. The van der Waals surface area contributed by atoms with Crippen molar-refractivity contribution in [3.8, 4) is 5.75 Å². The predicted molar refractivity (Wildman–Crippen MR) is 96.5 cm³/mol. The Kier molecular flexibility index (Phi) is 5.31. The van der Waals surface area contributed by atoms with Crippen LogP contribution in [0.25, 0.3) is 0 Å². The molecule has 26 heavy (non-hydrogen) atoms. The van der Waals surface area contributed by atoms with Crippen molar-refractivity contribution in [2.24, 2.45) is 0 Å². The number of nitro benzene ring substituents is 1. The van der Waals surface area contributed by atoms with Gasteiger partial charge in [0.15, 0.2) is 0 Å². The summed E-state index contributed by atoms with van der Waals surface area (Å²) in [6, 6.07) is 7.80. The number of aromatic nitrogens is 1. The molecular weight excluding hydrogens is 336 g/mol. The molecule has 0 atom stereocenters. The van der Waals surface area contributed by atoms with Crippen LogP contribution in [-0.2, 0) is 6.54 Å². The number of hydrogen-bond acceptors (Lipinski definition) is 6. The first-order valence-corrected chi connectivity index (χ1v) is 8.39. The number of benzene rings is 1. The molecule has 1 amide bonds. The summed E-state index contributed by atoms with van der Waals surface area (Å²) in [4.78, 5) is 29.5. The van der Waals surface area contributed by atoms with Crippen LogP contribution in [0.1, 0.15) is 28.8 Å². The summed E-state index contributed by atoms with van der Waals surface area (Å²) in [5.74, 6) is 0.794. The van der Waals surface area contributed by atoms with Gasteiger partial charge in [-0.3, -0.25) is 14.9 Å². The van der Waals surface area contributed by atoms with Crippen LogP contribution in [0.2, 0.25) is 0 Å². The maximum Gasteiger partial charge on any atom is 0.270 e. The Balaban J connectivity index is 1.66. The third kappa shape index (κ3) is 3.90. The zero-order chi connectivity index (χ0) is 18.5. The standard InChI is InChI=1S/C18H20N4O4/c1-26-16-6-5-14(22(24)25)10-15(16)18(23)20-12-13-4-7-17(19-11-13)21-8-2-3-9-21/h4-7,10-11H,2-3,8-9,12H2,1H3,(H,20,23). The zero-order valence-electron chi connectivity index (χ0n) is 14.5. The number of amides is 1. The number of nitrogens with zero attached hydrogens (tertiary/aromatic N) is 3. The fraction of sp³-hybridized carbons (Fsp3) is 0.333.